The number of H-pyrrole nitrogens is 1. The minimum Gasteiger partial charge on any atom is -0.870 e. The molecule has 2 aromatic rings. The standard InChI is InChI=1S/C19H21F6N5O.H2O/c1-17(2)13(6-14(17)31-3)29-15-12(19(23,24)25)9-28-16(30-15)27-8-10-7-26-5-4-11(10)18(20,21)22;/h4-5,7,9,13-14H,6,8H2,1-3H3,(H2,27,28,29,30);1H2. The van der Waals surface area contributed by atoms with Crippen molar-refractivity contribution in [2.24, 2.45) is 5.41 Å². The molecule has 1 aliphatic carbocycles. The number of hydrogen-bond acceptors (Lipinski definition) is 6. The van der Waals surface area contributed by atoms with Gasteiger partial charge < -0.3 is 20.8 Å². The molecule has 0 amide bonds. The quantitative estimate of drug-likeness (QED) is 0.623. The first kappa shape index (κ1) is 25.6. The van der Waals surface area contributed by atoms with Crippen LogP contribution in [0, 0.1) is 5.41 Å². The number of nitrogens with one attached hydrogen (secondary N) is 3. The maximum atomic E-state index is 13.4. The number of anilines is 2. The van der Waals surface area contributed by atoms with E-state index in [2.05, 4.69) is 25.6 Å². The van der Waals surface area contributed by atoms with Crippen molar-refractivity contribution in [2.45, 2.75) is 51.3 Å². The summed E-state index contributed by atoms with van der Waals surface area (Å²) in [5.41, 5.74) is -2.49. The average Bonchev–Trinajstić information content (AvgIpc) is 2.68. The fourth-order valence-corrected chi connectivity index (χ4v) is 3.54. The third-order valence-corrected chi connectivity index (χ3v) is 5.56. The zero-order valence-electron chi connectivity index (χ0n) is 17.4. The van der Waals surface area contributed by atoms with E-state index in [1.54, 1.807) is 0 Å². The normalized spacial score (nSPS) is 20.2. The van der Waals surface area contributed by atoms with E-state index in [4.69, 9.17) is 4.74 Å². The Morgan fingerprint density at radius 3 is 2.38 bits per heavy atom. The molecule has 1 aliphatic rings. The molecule has 0 saturated heterocycles. The second kappa shape index (κ2) is 9.06. The van der Waals surface area contributed by atoms with Gasteiger partial charge >= 0.3 is 12.4 Å². The van der Waals surface area contributed by atoms with Crippen LogP contribution in [0.1, 0.15) is 37.0 Å². The lowest BCUT2D eigenvalue weighted by molar-refractivity contribution is -0.379. The monoisotopic (exact) mass is 467 g/mol. The van der Waals surface area contributed by atoms with Crippen LogP contribution in [0.2, 0.25) is 0 Å². The van der Waals surface area contributed by atoms with Gasteiger partial charge in [-0.25, -0.2) is 9.97 Å². The first-order chi connectivity index (χ1) is 14.3. The summed E-state index contributed by atoms with van der Waals surface area (Å²) >= 11 is 0. The summed E-state index contributed by atoms with van der Waals surface area (Å²) in [7, 11) is 1.53. The van der Waals surface area contributed by atoms with Crippen LogP contribution in [0.25, 0.3) is 0 Å². The van der Waals surface area contributed by atoms with Gasteiger partial charge in [0.05, 0.1) is 11.7 Å². The highest BCUT2D eigenvalue weighted by Gasteiger charge is 2.49. The minimum atomic E-state index is -4.70. The molecule has 2 unspecified atom stereocenters. The van der Waals surface area contributed by atoms with Crippen molar-refractivity contribution in [2.75, 3.05) is 17.7 Å². The Balaban J connectivity index is 0.00000363. The molecule has 178 valence electrons. The number of ether oxygens (including phenoxy) is 1. The molecule has 7 nitrogen and oxygen atoms in total. The summed E-state index contributed by atoms with van der Waals surface area (Å²) in [4.78, 5) is 10.1. The molecule has 32 heavy (non-hydrogen) atoms. The number of aromatic amines is 1. The Hall–Kier alpha value is -2.67. The van der Waals surface area contributed by atoms with E-state index < -0.39 is 34.7 Å². The van der Waals surface area contributed by atoms with E-state index in [9.17, 15) is 26.3 Å². The first-order valence-corrected chi connectivity index (χ1v) is 9.37. The number of nitrogens with zero attached hydrogens (tertiary/aromatic N) is 2. The Bertz CT molecular complexity index is 935. The number of halogens is 6. The largest absolute Gasteiger partial charge is 0.870 e. The Morgan fingerprint density at radius 1 is 1.16 bits per heavy atom. The molecule has 2 atom stereocenters. The van der Waals surface area contributed by atoms with Crippen molar-refractivity contribution in [3.05, 3.63) is 41.3 Å². The first-order valence-electron chi connectivity index (χ1n) is 9.37. The zero-order chi connectivity index (χ0) is 23.0. The predicted octanol–water partition coefficient (Wildman–Crippen LogP) is 3.99. The van der Waals surface area contributed by atoms with Crippen molar-refractivity contribution < 1.29 is 41.5 Å². The van der Waals surface area contributed by atoms with Gasteiger partial charge in [0.15, 0.2) is 12.4 Å². The lowest BCUT2D eigenvalue weighted by atomic mass is 9.64. The number of pyridine rings is 1. The summed E-state index contributed by atoms with van der Waals surface area (Å²) in [5, 5.41) is 5.37. The number of rotatable bonds is 6. The topological polar surface area (TPSA) is 103 Å². The molecule has 13 heteroatoms. The van der Waals surface area contributed by atoms with E-state index in [1.165, 1.54) is 7.11 Å². The van der Waals surface area contributed by atoms with Crippen molar-refractivity contribution in [1.82, 2.24) is 9.97 Å². The minimum absolute atomic E-state index is 0. The van der Waals surface area contributed by atoms with Gasteiger partial charge in [-0.1, -0.05) is 13.8 Å². The molecule has 3 rings (SSSR count). The second-order valence-electron chi connectivity index (χ2n) is 7.87. The smallest absolute Gasteiger partial charge is 0.421 e. The highest BCUT2D eigenvalue weighted by atomic mass is 19.4. The lowest BCUT2D eigenvalue weighted by Gasteiger charge is -2.51. The van der Waals surface area contributed by atoms with Crippen LogP contribution >= 0.6 is 0 Å². The fourth-order valence-electron chi connectivity index (χ4n) is 3.54. The summed E-state index contributed by atoms with van der Waals surface area (Å²) in [5.74, 6) is -0.666. The SMILES string of the molecule is COC1CC(Nc2nc(NCc3c[nH+]ccc3C(F)(F)F)ncc2C(F)(F)F)C1(C)C.[OH-]. The number of hydrogen-bond donors (Lipinski definition) is 2. The summed E-state index contributed by atoms with van der Waals surface area (Å²) in [6, 6.07) is 0.546. The van der Waals surface area contributed by atoms with Gasteiger partial charge in [0.1, 0.15) is 11.4 Å². The van der Waals surface area contributed by atoms with E-state index >= 15 is 0 Å². The van der Waals surface area contributed by atoms with E-state index in [1.807, 2.05) is 13.8 Å². The van der Waals surface area contributed by atoms with Gasteiger partial charge in [0, 0.05) is 42.9 Å². The predicted molar refractivity (Wildman–Crippen MR) is 101 cm³/mol. The van der Waals surface area contributed by atoms with Gasteiger partial charge in [-0.2, -0.15) is 31.3 Å². The van der Waals surface area contributed by atoms with Gasteiger partial charge in [-0.05, 0) is 6.42 Å². The van der Waals surface area contributed by atoms with Crippen LogP contribution in [-0.4, -0.2) is 34.7 Å². The second-order valence-corrected chi connectivity index (χ2v) is 7.87. The maximum Gasteiger partial charge on any atom is 0.421 e. The maximum absolute atomic E-state index is 13.4. The molecular weight excluding hydrogens is 444 g/mol. The Morgan fingerprint density at radius 2 is 1.81 bits per heavy atom. The van der Waals surface area contributed by atoms with Crippen molar-refractivity contribution in [1.29, 1.82) is 0 Å². The van der Waals surface area contributed by atoms with Gasteiger partial charge in [-0.3, -0.25) is 0 Å². The average molecular weight is 467 g/mol. The molecular formula is C19H23F6N5O2. The molecule has 1 saturated carbocycles. The van der Waals surface area contributed by atoms with Crippen LogP contribution in [0.5, 0.6) is 0 Å². The third kappa shape index (κ3) is 5.21. The Kier molecular flexibility index (Phi) is 7.24. The van der Waals surface area contributed by atoms with E-state index in [0.717, 1.165) is 18.5 Å². The van der Waals surface area contributed by atoms with Gasteiger partial charge in [0.2, 0.25) is 5.95 Å². The summed E-state index contributed by atoms with van der Waals surface area (Å²) in [6.07, 6.45) is -6.01. The zero-order valence-corrected chi connectivity index (χ0v) is 17.4. The molecule has 0 spiro atoms. The van der Waals surface area contributed by atoms with Crippen LogP contribution in [0.3, 0.4) is 0 Å². The van der Waals surface area contributed by atoms with E-state index in [0.29, 0.717) is 12.6 Å². The van der Waals surface area contributed by atoms with Crippen LogP contribution < -0.4 is 15.6 Å². The number of alkyl halides is 6. The fraction of sp³-hybridized carbons (Fsp3) is 0.526. The summed E-state index contributed by atoms with van der Waals surface area (Å²) in [6.45, 7) is 3.39. The molecule has 0 aromatic carbocycles. The van der Waals surface area contributed by atoms with Crippen LogP contribution in [-0.2, 0) is 23.6 Å². The van der Waals surface area contributed by atoms with Crippen molar-refractivity contribution in [3.63, 3.8) is 0 Å². The third-order valence-electron chi connectivity index (χ3n) is 5.56. The van der Waals surface area contributed by atoms with E-state index in [-0.39, 0.29) is 35.7 Å². The van der Waals surface area contributed by atoms with Crippen molar-refractivity contribution >= 4 is 11.8 Å². The highest BCUT2D eigenvalue weighted by Crippen LogP contribution is 2.45. The molecule has 2 heterocycles. The molecule has 0 aliphatic heterocycles. The molecule has 0 bridgehead atoms. The lowest BCUT2D eigenvalue weighted by Crippen LogP contribution is -2.58. The number of methoxy groups -OCH3 is 1. The molecule has 1 fully saturated rings. The molecule has 4 N–H and O–H groups in total. The molecule has 2 aromatic heterocycles. The van der Waals surface area contributed by atoms with Crippen molar-refractivity contribution in [3.8, 4) is 0 Å². The molecule has 0 radical (unpaired) electrons. The summed E-state index contributed by atoms with van der Waals surface area (Å²) < 4.78 is 85.0. The van der Waals surface area contributed by atoms with Gasteiger partial charge in [-0.15, -0.1) is 0 Å². The van der Waals surface area contributed by atoms with Gasteiger partial charge in [0.25, 0.3) is 0 Å². The Labute approximate surface area is 179 Å². The number of aromatic nitrogens is 3. The van der Waals surface area contributed by atoms with Crippen LogP contribution in [0.4, 0.5) is 38.1 Å². The van der Waals surface area contributed by atoms with Crippen LogP contribution in [0.15, 0.2) is 24.7 Å². The highest BCUT2D eigenvalue weighted by molar-refractivity contribution is 5.50.